The van der Waals surface area contributed by atoms with Crippen molar-refractivity contribution in [2.45, 2.75) is 33.3 Å². The Morgan fingerprint density at radius 1 is 1.32 bits per heavy atom. The summed E-state index contributed by atoms with van der Waals surface area (Å²) in [6, 6.07) is 5.78. The molecule has 1 fully saturated rings. The van der Waals surface area contributed by atoms with E-state index in [4.69, 9.17) is 9.47 Å². The molecule has 0 atom stereocenters. The Morgan fingerprint density at radius 2 is 2.09 bits per heavy atom. The van der Waals surface area contributed by atoms with Gasteiger partial charge in [-0.05, 0) is 44.2 Å². The van der Waals surface area contributed by atoms with Gasteiger partial charge >= 0.3 is 0 Å². The highest BCUT2D eigenvalue weighted by atomic mass is 16.5. The van der Waals surface area contributed by atoms with E-state index in [1.165, 1.54) is 0 Å². The quantitative estimate of drug-likeness (QED) is 0.783. The molecule has 1 saturated heterocycles. The van der Waals surface area contributed by atoms with Crippen LogP contribution in [0.1, 0.15) is 32.8 Å². The molecular formula is C18H25NO3. The van der Waals surface area contributed by atoms with Crippen LogP contribution in [0.2, 0.25) is 0 Å². The minimum atomic E-state index is 0.0936. The van der Waals surface area contributed by atoms with Crippen molar-refractivity contribution in [3.05, 3.63) is 29.3 Å². The zero-order valence-electron chi connectivity index (χ0n) is 13.9. The van der Waals surface area contributed by atoms with Crippen LogP contribution in [0, 0.1) is 0 Å². The number of carbonyl (C=O) groups is 1. The largest absolute Gasteiger partial charge is 0.493 e. The minimum absolute atomic E-state index is 0.0936. The monoisotopic (exact) mass is 303 g/mol. The number of nitrogens with zero attached hydrogens (tertiary/aromatic N) is 1. The molecule has 1 aliphatic rings. The van der Waals surface area contributed by atoms with Crippen LogP contribution in [-0.4, -0.2) is 43.5 Å². The third-order valence-electron chi connectivity index (χ3n) is 3.75. The average Bonchev–Trinajstić information content (AvgIpc) is 2.50. The van der Waals surface area contributed by atoms with E-state index < -0.39 is 0 Å². The molecule has 2 rings (SSSR count). The fraction of sp³-hybridized carbons (Fsp3) is 0.500. The molecule has 0 radical (unpaired) electrons. The molecule has 1 heterocycles. The Balaban J connectivity index is 2.24. The van der Waals surface area contributed by atoms with Gasteiger partial charge in [0, 0.05) is 25.1 Å². The van der Waals surface area contributed by atoms with Gasteiger partial charge in [-0.25, -0.2) is 0 Å². The number of hydrogen-bond donors (Lipinski definition) is 0. The number of piperidine rings is 1. The average molecular weight is 303 g/mol. The smallest absolute Gasteiger partial charge is 0.161 e. The lowest BCUT2D eigenvalue weighted by atomic mass is 10.0. The second-order valence-corrected chi connectivity index (χ2v) is 5.79. The molecule has 1 aromatic carbocycles. The van der Waals surface area contributed by atoms with Gasteiger partial charge in [-0.2, -0.15) is 0 Å². The van der Waals surface area contributed by atoms with E-state index in [9.17, 15) is 4.79 Å². The fourth-order valence-corrected chi connectivity index (χ4v) is 2.55. The maximum absolute atomic E-state index is 12.1. The SMILES string of the molecule is CCN1CCC(=O)/C(=C/c2ccc(OC(C)C)c(OC)c2)C1. The molecule has 0 unspecified atom stereocenters. The Labute approximate surface area is 132 Å². The first-order chi connectivity index (χ1) is 10.5. The normalized spacial score (nSPS) is 18.0. The van der Waals surface area contributed by atoms with E-state index in [-0.39, 0.29) is 11.9 Å². The van der Waals surface area contributed by atoms with Crippen LogP contribution in [0.4, 0.5) is 0 Å². The molecule has 0 bridgehead atoms. The number of hydrogen-bond acceptors (Lipinski definition) is 4. The molecule has 1 aliphatic heterocycles. The van der Waals surface area contributed by atoms with Gasteiger partial charge in [-0.15, -0.1) is 0 Å². The summed E-state index contributed by atoms with van der Waals surface area (Å²) in [5.74, 6) is 1.66. The highest BCUT2D eigenvalue weighted by molar-refractivity contribution is 6.00. The van der Waals surface area contributed by atoms with Crippen LogP contribution in [0.5, 0.6) is 11.5 Å². The Bertz CT molecular complexity index is 563. The van der Waals surface area contributed by atoms with E-state index in [0.717, 1.165) is 36.5 Å². The molecule has 1 aromatic rings. The second kappa shape index (κ2) is 7.45. The summed E-state index contributed by atoms with van der Waals surface area (Å²) >= 11 is 0. The standard InChI is InChI=1S/C18H25NO3/c1-5-19-9-8-16(20)15(12-19)10-14-6-7-17(22-13(2)3)18(11-14)21-4/h6-7,10-11,13H,5,8-9,12H2,1-4H3/b15-10+. The van der Waals surface area contributed by atoms with E-state index in [0.29, 0.717) is 12.2 Å². The molecule has 0 amide bonds. The topological polar surface area (TPSA) is 38.8 Å². The third-order valence-corrected chi connectivity index (χ3v) is 3.75. The third kappa shape index (κ3) is 4.10. The van der Waals surface area contributed by atoms with Crippen LogP contribution in [0.3, 0.4) is 0 Å². The molecule has 4 nitrogen and oxygen atoms in total. The Morgan fingerprint density at radius 3 is 2.73 bits per heavy atom. The van der Waals surface area contributed by atoms with Crippen LogP contribution >= 0.6 is 0 Å². The molecule has 0 saturated carbocycles. The molecule has 120 valence electrons. The summed E-state index contributed by atoms with van der Waals surface area (Å²) in [5.41, 5.74) is 1.84. The van der Waals surface area contributed by atoms with E-state index in [2.05, 4.69) is 11.8 Å². The van der Waals surface area contributed by atoms with Gasteiger partial charge in [0.2, 0.25) is 0 Å². The number of likely N-dealkylation sites (N-methyl/N-ethyl adjacent to an activating group) is 1. The van der Waals surface area contributed by atoms with Crippen molar-refractivity contribution < 1.29 is 14.3 Å². The van der Waals surface area contributed by atoms with Gasteiger partial charge in [-0.3, -0.25) is 9.69 Å². The predicted octanol–water partition coefficient (Wildman–Crippen LogP) is 3.16. The Hall–Kier alpha value is -1.81. The second-order valence-electron chi connectivity index (χ2n) is 5.79. The number of carbonyl (C=O) groups excluding carboxylic acids is 1. The van der Waals surface area contributed by atoms with Crippen molar-refractivity contribution in [2.75, 3.05) is 26.7 Å². The summed E-state index contributed by atoms with van der Waals surface area (Å²) in [7, 11) is 1.63. The fourth-order valence-electron chi connectivity index (χ4n) is 2.55. The Kier molecular flexibility index (Phi) is 5.61. The van der Waals surface area contributed by atoms with Crippen LogP contribution < -0.4 is 9.47 Å². The van der Waals surface area contributed by atoms with Gasteiger partial charge in [0.05, 0.1) is 13.2 Å². The lowest BCUT2D eigenvalue weighted by Crippen LogP contribution is -2.35. The summed E-state index contributed by atoms with van der Waals surface area (Å²) in [4.78, 5) is 14.4. The highest BCUT2D eigenvalue weighted by Gasteiger charge is 2.20. The van der Waals surface area contributed by atoms with Crippen molar-refractivity contribution in [1.82, 2.24) is 4.90 Å². The van der Waals surface area contributed by atoms with Crippen molar-refractivity contribution in [3.63, 3.8) is 0 Å². The van der Waals surface area contributed by atoms with Gasteiger partial charge in [0.25, 0.3) is 0 Å². The van der Waals surface area contributed by atoms with Gasteiger partial charge in [0.1, 0.15) is 0 Å². The summed E-state index contributed by atoms with van der Waals surface area (Å²) < 4.78 is 11.1. The van der Waals surface area contributed by atoms with Gasteiger partial charge in [-0.1, -0.05) is 13.0 Å². The van der Waals surface area contributed by atoms with Crippen LogP contribution in [0.15, 0.2) is 23.8 Å². The molecular weight excluding hydrogens is 278 g/mol. The number of ketones is 1. The lowest BCUT2D eigenvalue weighted by Gasteiger charge is -2.26. The highest BCUT2D eigenvalue weighted by Crippen LogP contribution is 2.30. The van der Waals surface area contributed by atoms with Crippen molar-refractivity contribution in [2.24, 2.45) is 0 Å². The zero-order valence-corrected chi connectivity index (χ0v) is 13.9. The molecule has 4 heteroatoms. The number of benzene rings is 1. The van der Waals surface area contributed by atoms with Crippen molar-refractivity contribution in [3.8, 4) is 11.5 Å². The number of rotatable bonds is 5. The molecule has 0 aromatic heterocycles. The maximum atomic E-state index is 12.1. The lowest BCUT2D eigenvalue weighted by molar-refractivity contribution is -0.117. The molecule has 0 spiro atoms. The first-order valence-corrected chi connectivity index (χ1v) is 7.84. The van der Waals surface area contributed by atoms with Crippen LogP contribution in [0.25, 0.3) is 6.08 Å². The first-order valence-electron chi connectivity index (χ1n) is 7.84. The van der Waals surface area contributed by atoms with Gasteiger partial charge < -0.3 is 9.47 Å². The summed E-state index contributed by atoms with van der Waals surface area (Å²) in [6.45, 7) is 8.63. The molecule has 0 N–H and O–H groups in total. The molecule has 0 aliphatic carbocycles. The predicted molar refractivity (Wildman–Crippen MR) is 88.5 cm³/mol. The van der Waals surface area contributed by atoms with E-state index in [1.54, 1.807) is 7.11 Å². The number of methoxy groups -OCH3 is 1. The first kappa shape index (κ1) is 16.6. The summed E-state index contributed by atoms with van der Waals surface area (Å²) in [6.07, 6.45) is 2.66. The summed E-state index contributed by atoms with van der Waals surface area (Å²) in [5, 5.41) is 0. The number of ether oxygens (including phenoxy) is 2. The van der Waals surface area contributed by atoms with Crippen molar-refractivity contribution in [1.29, 1.82) is 0 Å². The van der Waals surface area contributed by atoms with E-state index >= 15 is 0 Å². The maximum Gasteiger partial charge on any atom is 0.161 e. The van der Waals surface area contributed by atoms with Crippen LogP contribution in [-0.2, 0) is 4.79 Å². The zero-order chi connectivity index (χ0) is 16.1. The number of Topliss-reactive ketones (excluding diaryl/α,β-unsaturated/α-hetero) is 1. The molecule has 22 heavy (non-hydrogen) atoms. The van der Waals surface area contributed by atoms with E-state index in [1.807, 2.05) is 38.1 Å². The minimum Gasteiger partial charge on any atom is -0.493 e. The van der Waals surface area contributed by atoms with Gasteiger partial charge in [0.15, 0.2) is 17.3 Å². The number of likely N-dealkylation sites (tertiary alicyclic amines) is 1. The van der Waals surface area contributed by atoms with Crippen molar-refractivity contribution >= 4 is 11.9 Å².